The first kappa shape index (κ1) is 20.3. The van der Waals surface area contributed by atoms with Crippen molar-refractivity contribution in [2.45, 2.75) is 13.1 Å². The second-order valence-electron chi connectivity index (χ2n) is 6.65. The molecule has 0 fully saturated rings. The molecule has 2 amide bonds. The third kappa shape index (κ3) is 6.02. The average Bonchev–Trinajstić information content (AvgIpc) is 3.22. The first-order chi connectivity index (χ1) is 14.0. The quantitative estimate of drug-likeness (QED) is 0.613. The Labute approximate surface area is 168 Å². The molecule has 29 heavy (non-hydrogen) atoms. The Balaban J connectivity index is 1.57. The predicted molar refractivity (Wildman–Crippen MR) is 108 cm³/mol. The number of furan rings is 1. The first-order valence-corrected chi connectivity index (χ1v) is 9.13. The van der Waals surface area contributed by atoms with Crippen LogP contribution in [0.2, 0.25) is 0 Å². The Morgan fingerprint density at radius 2 is 1.79 bits per heavy atom. The van der Waals surface area contributed by atoms with Crippen LogP contribution >= 0.6 is 0 Å². The minimum atomic E-state index is -0.308. The molecule has 6 nitrogen and oxygen atoms in total. The fourth-order valence-electron chi connectivity index (χ4n) is 2.86. The summed E-state index contributed by atoms with van der Waals surface area (Å²) in [5, 5.41) is 5.55. The number of nitrogens with zero attached hydrogens (tertiary/aromatic N) is 1. The summed E-state index contributed by atoms with van der Waals surface area (Å²) < 4.78 is 18.2. The van der Waals surface area contributed by atoms with E-state index in [4.69, 9.17) is 4.42 Å². The molecule has 0 unspecified atom stereocenters. The van der Waals surface area contributed by atoms with E-state index in [9.17, 15) is 14.0 Å². The Kier molecular flexibility index (Phi) is 6.76. The highest BCUT2D eigenvalue weighted by molar-refractivity contribution is 6.04. The predicted octanol–water partition coefficient (Wildman–Crippen LogP) is 3.42. The van der Waals surface area contributed by atoms with Crippen molar-refractivity contribution in [3.63, 3.8) is 0 Å². The van der Waals surface area contributed by atoms with Gasteiger partial charge in [-0.3, -0.25) is 14.5 Å². The summed E-state index contributed by atoms with van der Waals surface area (Å²) in [5.41, 5.74) is 1.71. The number of hydrogen-bond donors (Lipinski definition) is 2. The minimum absolute atomic E-state index is 0.125. The number of carbonyl (C=O) groups excluding carboxylic acids is 2. The number of nitrogens with one attached hydrogen (secondary N) is 2. The van der Waals surface area contributed by atoms with Gasteiger partial charge in [-0.25, -0.2) is 4.39 Å². The lowest BCUT2D eigenvalue weighted by Crippen LogP contribution is -2.31. The van der Waals surface area contributed by atoms with E-state index in [0.717, 1.165) is 5.56 Å². The summed E-state index contributed by atoms with van der Waals surface area (Å²) >= 11 is 0. The van der Waals surface area contributed by atoms with Crippen molar-refractivity contribution in [1.29, 1.82) is 0 Å². The van der Waals surface area contributed by atoms with Crippen molar-refractivity contribution in [3.8, 4) is 0 Å². The van der Waals surface area contributed by atoms with Gasteiger partial charge in [0.2, 0.25) is 5.91 Å². The fourth-order valence-corrected chi connectivity index (χ4v) is 2.86. The molecule has 0 saturated carbocycles. The van der Waals surface area contributed by atoms with E-state index in [0.29, 0.717) is 23.6 Å². The Hall–Kier alpha value is -3.45. The molecule has 3 rings (SSSR count). The normalized spacial score (nSPS) is 10.7. The van der Waals surface area contributed by atoms with Crippen LogP contribution in [0, 0.1) is 5.82 Å². The molecule has 3 aromatic rings. The molecule has 2 aromatic carbocycles. The van der Waals surface area contributed by atoms with Crippen LogP contribution in [0.25, 0.3) is 0 Å². The Bertz CT molecular complexity index is 956. The lowest BCUT2D eigenvalue weighted by Gasteiger charge is -2.17. The zero-order valence-corrected chi connectivity index (χ0v) is 16.0. The highest BCUT2D eigenvalue weighted by atomic mass is 19.1. The second-order valence-corrected chi connectivity index (χ2v) is 6.65. The van der Waals surface area contributed by atoms with E-state index in [1.54, 1.807) is 55.6 Å². The second kappa shape index (κ2) is 9.66. The number of halogens is 1. The van der Waals surface area contributed by atoms with Gasteiger partial charge in [0.05, 0.1) is 30.6 Å². The smallest absolute Gasteiger partial charge is 0.253 e. The average molecular weight is 395 g/mol. The highest BCUT2D eigenvalue weighted by Gasteiger charge is 2.14. The van der Waals surface area contributed by atoms with Gasteiger partial charge in [0.15, 0.2) is 0 Å². The van der Waals surface area contributed by atoms with Gasteiger partial charge >= 0.3 is 0 Å². The molecule has 7 heteroatoms. The molecule has 0 spiro atoms. The molecule has 0 bridgehead atoms. The summed E-state index contributed by atoms with van der Waals surface area (Å²) in [4.78, 5) is 26.7. The monoisotopic (exact) mass is 395 g/mol. The molecule has 0 aliphatic heterocycles. The third-order valence-electron chi connectivity index (χ3n) is 4.23. The molecule has 0 saturated heterocycles. The summed E-state index contributed by atoms with van der Waals surface area (Å²) in [6, 6.07) is 16.5. The molecule has 150 valence electrons. The van der Waals surface area contributed by atoms with Gasteiger partial charge in [-0.1, -0.05) is 24.3 Å². The maximum absolute atomic E-state index is 13.0. The summed E-state index contributed by atoms with van der Waals surface area (Å²) in [7, 11) is 1.80. The van der Waals surface area contributed by atoms with Gasteiger partial charge in [0, 0.05) is 6.54 Å². The first-order valence-electron chi connectivity index (χ1n) is 9.13. The van der Waals surface area contributed by atoms with Crippen LogP contribution in [0.4, 0.5) is 10.1 Å². The van der Waals surface area contributed by atoms with Crippen molar-refractivity contribution in [2.24, 2.45) is 0 Å². The molecular weight excluding hydrogens is 373 g/mol. The van der Waals surface area contributed by atoms with Gasteiger partial charge in [-0.15, -0.1) is 0 Å². The summed E-state index contributed by atoms with van der Waals surface area (Å²) in [5.74, 6) is -0.212. The van der Waals surface area contributed by atoms with Crippen molar-refractivity contribution < 1.29 is 18.4 Å². The van der Waals surface area contributed by atoms with Crippen LogP contribution in [0.1, 0.15) is 21.7 Å². The molecule has 0 aliphatic carbocycles. The number of anilines is 1. The number of likely N-dealkylation sites (N-methyl/N-ethyl adjacent to an activating group) is 1. The Morgan fingerprint density at radius 1 is 1.03 bits per heavy atom. The van der Waals surface area contributed by atoms with E-state index >= 15 is 0 Å². The molecule has 1 heterocycles. The number of para-hydroxylation sites is 1. The van der Waals surface area contributed by atoms with E-state index in [2.05, 4.69) is 10.6 Å². The van der Waals surface area contributed by atoms with E-state index < -0.39 is 0 Å². The standard InChI is InChI=1S/C22H22FN3O3/c1-26(14-16-8-10-17(23)11-9-16)15-21(27)25-20-7-3-2-6-19(20)22(28)24-13-18-5-4-12-29-18/h2-12H,13-15H2,1H3,(H,24,28)(H,25,27). The maximum atomic E-state index is 13.0. The number of amides is 2. The summed E-state index contributed by atoms with van der Waals surface area (Å²) in [6.07, 6.45) is 1.54. The van der Waals surface area contributed by atoms with Crippen LogP contribution < -0.4 is 10.6 Å². The number of hydrogen-bond acceptors (Lipinski definition) is 4. The maximum Gasteiger partial charge on any atom is 0.253 e. The molecule has 2 N–H and O–H groups in total. The highest BCUT2D eigenvalue weighted by Crippen LogP contribution is 2.15. The zero-order valence-electron chi connectivity index (χ0n) is 16.0. The molecule has 0 aliphatic rings. The fraction of sp³-hybridized carbons (Fsp3) is 0.182. The van der Waals surface area contributed by atoms with Crippen molar-refractivity contribution in [1.82, 2.24) is 10.2 Å². The van der Waals surface area contributed by atoms with Gasteiger partial charge in [-0.2, -0.15) is 0 Å². The van der Waals surface area contributed by atoms with Crippen molar-refractivity contribution in [2.75, 3.05) is 18.9 Å². The zero-order chi connectivity index (χ0) is 20.6. The summed E-state index contributed by atoms with van der Waals surface area (Å²) in [6.45, 7) is 0.882. The lowest BCUT2D eigenvalue weighted by molar-refractivity contribution is -0.117. The Morgan fingerprint density at radius 3 is 2.52 bits per heavy atom. The van der Waals surface area contributed by atoms with E-state index in [-0.39, 0.29) is 30.7 Å². The van der Waals surface area contributed by atoms with Crippen LogP contribution in [0.15, 0.2) is 71.3 Å². The largest absolute Gasteiger partial charge is 0.467 e. The van der Waals surface area contributed by atoms with Crippen molar-refractivity contribution >= 4 is 17.5 Å². The topological polar surface area (TPSA) is 74.6 Å². The van der Waals surface area contributed by atoms with Crippen LogP contribution in [-0.4, -0.2) is 30.3 Å². The van der Waals surface area contributed by atoms with Gasteiger partial charge in [0.1, 0.15) is 11.6 Å². The minimum Gasteiger partial charge on any atom is -0.467 e. The third-order valence-corrected chi connectivity index (χ3v) is 4.23. The van der Waals surface area contributed by atoms with E-state index in [1.165, 1.54) is 18.4 Å². The van der Waals surface area contributed by atoms with Crippen LogP contribution in [-0.2, 0) is 17.9 Å². The number of benzene rings is 2. The molecule has 0 atom stereocenters. The van der Waals surface area contributed by atoms with Gasteiger partial charge in [-0.05, 0) is 49.0 Å². The van der Waals surface area contributed by atoms with E-state index in [1.807, 2.05) is 4.90 Å². The molecule has 1 aromatic heterocycles. The SMILES string of the molecule is CN(CC(=O)Nc1ccccc1C(=O)NCc1ccco1)Cc1ccc(F)cc1. The van der Waals surface area contributed by atoms with Crippen LogP contribution in [0.5, 0.6) is 0 Å². The lowest BCUT2D eigenvalue weighted by atomic mass is 10.1. The molecular formula is C22H22FN3O3. The van der Waals surface area contributed by atoms with Crippen molar-refractivity contribution in [3.05, 3.63) is 89.6 Å². The van der Waals surface area contributed by atoms with Crippen LogP contribution in [0.3, 0.4) is 0 Å². The van der Waals surface area contributed by atoms with Gasteiger partial charge in [0.25, 0.3) is 5.91 Å². The number of carbonyl (C=O) groups is 2. The van der Waals surface area contributed by atoms with Gasteiger partial charge < -0.3 is 15.1 Å². The molecule has 0 radical (unpaired) electrons. The number of rotatable bonds is 8.